The molecule has 0 saturated heterocycles. The van der Waals surface area contributed by atoms with Crippen molar-refractivity contribution < 1.29 is 17.9 Å². The van der Waals surface area contributed by atoms with Crippen LogP contribution in [0.2, 0.25) is 0 Å². The van der Waals surface area contributed by atoms with Crippen LogP contribution >= 0.6 is 0 Å². The predicted molar refractivity (Wildman–Crippen MR) is 73.6 cm³/mol. The third-order valence-corrected chi connectivity index (χ3v) is 4.17. The Hall–Kier alpha value is -1.15. The molecule has 108 valence electrons. The van der Waals surface area contributed by atoms with Crippen molar-refractivity contribution in [2.24, 2.45) is 0 Å². The lowest BCUT2D eigenvalue weighted by molar-refractivity contribution is -0.109. The molecule has 1 atom stereocenters. The van der Waals surface area contributed by atoms with Gasteiger partial charge in [-0.2, -0.15) is 0 Å². The quantitative estimate of drug-likeness (QED) is 0.732. The second-order valence-corrected chi connectivity index (χ2v) is 5.83. The molecule has 0 radical (unpaired) electrons. The number of methoxy groups -OCH3 is 2. The fraction of sp³-hybridized carbons (Fsp3) is 0.500. The van der Waals surface area contributed by atoms with Gasteiger partial charge in [-0.05, 0) is 26.1 Å². The summed E-state index contributed by atoms with van der Waals surface area (Å²) in [5, 5.41) is 3.08. The van der Waals surface area contributed by atoms with E-state index in [-0.39, 0.29) is 10.9 Å². The van der Waals surface area contributed by atoms with Crippen molar-refractivity contribution >= 4 is 15.7 Å². The van der Waals surface area contributed by atoms with E-state index in [0.717, 1.165) is 0 Å². The molecule has 1 aromatic carbocycles. The van der Waals surface area contributed by atoms with E-state index in [1.165, 1.54) is 27.3 Å². The Kier molecular flexibility index (Phi) is 5.74. The highest BCUT2D eigenvalue weighted by atomic mass is 32.2. The molecule has 0 fully saturated rings. The first kappa shape index (κ1) is 15.9. The van der Waals surface area contributed by atoms with Gasteiger partial charge in [-0.1, -0.05) is 12.1 Å². The maximum atomic E-state index is 11.9. The Labute approximate surface area is 114 Å². The number of anilines is 1. The minimum absolute atomic E-state index is 0.190. The van der Waals surface area contributed by atoms with Crippen LogP contribution in [0.15, 0.2) is 29.2 Å². The van der Waals surface area contributed by atoms with E-state index in [4.69, 9.17) is 9.47 Å². The van der Waals surface area contributed by atoms with E-state index in [9.17, 15) is 8.42 Å². The molecule has 0 heterocycles. The Morgan fingerprint density at radius 2 is 1.74 bits per heavy atom. The summed E-state index contributed by atoms with van der Waals surface area (Å²) < 4.78 is 36.4. The van der Waals surface area contributed by atoms with Crippen LogP contribution in [0.25, 0.3) is 0 Å². The van der Waals surface area contributed by atoms with Crippen molar-refractivity contribution in [3.8, 4) is 0 Å². The molecule has 1 aromatic rings. The fourth-order valence-electron chi connectivity index (χ4n) is 1.75. The van der Waals surface area contributed by atoms with Gasteiger partial charge < -0.3 is 14.8 Å². The van der Waals surface area contributed by atoms with Gasteiger partial charge in [-0.15, -0.1) is 0 Å². The standard InChI is InChI=1S/C12H20N2O4S/c1-9(12(17-3)18-4)14-10-7-5-6-8-11(10)19(15,16)13-2/h5-9,12-14H,1-4H3. The number of para-hydroxylation sites is 1. The molecular weight excluding hydrogens is 268 g/mol. The average molecular weight is 288 g/mol. The molecular formula is C12H20N2O4S. The van der Waals surface area contributed by atoms with Gasteiger partial charge in [0.15, 0.2) is 6.29 Å². The average Bonchev–Trinajstić information content (AvgIpc) is 2.40. The van der Waals surface area contributed by atoms with Gasteiger partial charge in [-0.25, -0.2) is 13.1 Å². The zero-order chi connectivity index (χ0) is 14.5. The molecule has 2 N–H and O–H groups in total. The van der Waals surface area contributed by atoms with Gasteiger partial charge >= 0.3 is 0 Å². The maximum Gasteiger partial charge on any atom is 0.242 e. The zero-order valence-electron chi connectivity index (χ0n) is 11.5. The highest BCUT2D eigenvalue weighted by Crippen LogP contribution is 2.22. The van der Waals surface area contributed by atoms with Gasteiger partial charge in [0, 0.05) is 14.2 Å². The van der Waals surface area contributed by atoms with E-state index in [1.807, 2.05) is 6.92 Å². The molecule has 0 aliphatic heterocycles. The molecule has 0 aromatic heterocycles. The van der Waals surface area contributed by atoms with Crippen molar-refractivity contribution in [2.45, 2.75) is 24.2 Å². The zero-order valence-corrected chi connectivity index (χ0v) is 12.3. The molecule has 7 heteroatoms. The number of hydrogen-bond donors (Lipinski definition) is 2. The predicted octanol–water partition coefficient (Wildman–Crippen LogP) is 1.01. The van der Waals surface area contributed by atoms with Gasteiger partial charge in [0.2, 0.25) is 10.0 Å². The van der Waals surface area contributed by atoms with E-state index in [0.29, 0.717) is 5.69 Å². The summed E-state index contributed by atoms with van der Waals surface area (Å²) in [6, 6.07) is 6.46. The van der Waals surface area contributed by atoms with Crippen LogP contribution in [-0.4, -0.2) is 42.0 Å². The summed E-state index contributed by atoms with van der Waals surface area (Å²) in [5.41, 5.74) is 0.503. The van der Waals surface area contributed by atoms with E-state index < -0.39 is 16.3 Å². The second kappa shape index (κ2) is 6.85. The molecule has 0 aliphatic rings. The highest BCUT2D eigenvalue weighted by molar-refractivity contribution is 7.89. The number of benzene rings is 1. The van der Waals surface area contributed by atoms with Crippen LogP contribution in [0.5, 0.6) is 0 Å². The monoisotopic (exact) mass is 288 g/mol. The Morgan fingerprint density at radius 1 is 1.16 bits per heavy atom. The first-order valence-corrected chi connectivity index (χ1v) is 7.29. The normalized spacial score (nSPS) is 13.5. The van der Waals surface area contributed by atoms with Crippen LogP contribution in [0.4, 0.5) is 5.69 Å². The van der Waals surface area contributed by atoms with E-state index in [2.05, 4.69) is 10.0 Å². The van der Waals surface area contributed by atoms with Gasteiger partial charge in [0.25, 0.3) is 0 Å². The number of sulfonamides is 1. The largest absolute Gasteiger partial charge is 0.376 e. The number of nitrogens with one attached hydrogen (secondary N) is 2. The van der Waals surface area contributed by atoms with E-state index in [1.54, 1.807) is 18.2 Å². The fourth-order valence-corrected chi connectivity index (χ4v) is 2.64. The molecule has 6 nitrogen and oxygen atoms in total. The number of hydrogen-bond acceptors (Lipinski definition) is 5. The molecule has 19 heavy (non-hydrogen) atoms. The molecule has 1 rings (SSSR count). The third kappa shape index (κ3) is 3.90. The summed E-state index contributed by atoms with van der Waals surface area (Å²) in [6.45, 7) is 1.85. The van der Waals surface area contributed by atoms with Gasteiger partial charge in [-0.3, -0.25) is 0 Å². The van der Waals surface area contributed by atoms with Gasteiger partial charge in [0.05, 0.1) is 11.7 Å². The lowest BCUT2D eigenvalue weighted by atomic mass is 10.2. The maximum absolute atomic E-state index is 11.9. The summed E-state index contributed by atoms with van der Waals surface area (Å²) in [5.74, 6) is 0. The topological polar surface area (TPSA) is 76.7 Å². The molecule has 1 unspecified atom stereocenters. The van der Waals surface area contributed by atoms with Crippen molar-refractivity contribution in [1.29, 1.82) is 0 Å². The Morgan fingerprint density at radius 3 is 2.26 bits per heavy atom. The van der Waals surface area contributed by atoms with Crippen LogP contribution in [0.3, 0.4) is 0 Å². The SMILES string of the molecule is CNS(=O)(=O)c1ccccc1NC(C)C(OC)OC. The summed E-state index contributed by atoms with van der Waals surface area (Å²) in [6.07, 6.45) is -0.467. The first-order chi connectivity index (χ1) is 8.96. The van der Waals surface area contributed by atoms with Crippen LogP contribution in [0, 0.1) is 0 Å². The van der Waals surface area contributed by atoms with Crippen LogP contribution < -0.4 is 10.0 Å². The molecule has 0 spiro atoms. The van der Waals surface area contributed by atoms with Crippen molar-refractivity contribution in [3.63, 3.8) is 0 Å². The lowest BCUT2D eigenvalue weighted by Gasteiger charge is -2.24. The summed E-state index contributed by atoms with van der Waals surface area (Å²) in [7, 11) is 0.931. The van der Waals surface area contributed by atoms with Crippen molar-refractivity contribution in [2.75, 3.05) is 26.6 Å². The second-order valence-electron chi connectivity index (χ2n) is 3.98. The summed E-state index contributed by atoms with van der Waals surface area (Å²) >= 11 is 0. The minimum atomic E-state index is -3.51. The number of ether oxygens (including phenoxy) is 2. The third-order valence-electron chi connectivity index (χ3n) is 2.70. The minimum Gasteiger partial charge on any atom is -0.376 e. The van der Waals surface area contributed by atoms with Crippen LogP contribution in [-0.2, 0) is 19.5 Å². The highest BCUT2D eigenvalue weighted by Gasteiger charge is 2.20. The molecule has 0 bridgehead atoms. The van der Waals surface area contributed by atoms with E-state index >= 15 is 0 Å². The summed E-state index contributed by atoms with van der Waals surface area (Å²) in [4.78, 5) is 0.190. The number of rotatable bonds is 7. The van der Waals surface area contributed by atoms with Crippen LogP contribution in [0.1, 0.15) is 6.92 Å². The first-order valence-electron chi connectivity index (χ1n) is 5.81. The van der Waals surface area contributed by atoms with Crippen molar-refractivity contribution in [1.82, 2.24) is 4.72 Å². The molecule has 0 saturated carbocycles. The lowest BCUT2D eigenvalue weighted by Crippen LogP contribution is -2.34. The Bertz CT molecular complexity index is 500. The van der Waals surface area contributed by atoms with Crippen molar-refractivity contribution in [3.05, 3.63) is 24.3 Å². The molecule has 0 aliphatic carbocycles. The van der Waals surface area contributed by atoms with Gasteiger partial charge in [0.1, 0.15) is 4.90 Å². The smallest absolute Gasteiger partial charge is 0.242 e. The Balaban J connectivity index is 3.03. The molecule has 0 amide bonds.